The Balaban J connectivity index is 0.00000162. The lowest BCUT2D eigenvalue weighted by Gasteiger charge is -2.30. The van der Waals surface area contributed by atoms with Crippen molar-refractivity contribution in [3.63, 3.8) is 0 Å². The first kappa shape index (κ1) is 15.3. The third kappa shape index (κ3) is 4.48. The number of piperidine rings is 1. The van der Waals surface area contributed by atoms with Gasteiger partial charge in [-0.1, -0.05) is 0 Å². The van der Waals surface area contributed by atoms with Crippen LogP contribution in [-0.2, 0) is 4.79 Å². The van der Waals surface area contributed by atoms with Crippen molar-refractivity contribution in [2.24, 2.45) is 5.73 Å². The number of nitrogens with zero attached hydrogens (tertiary/aromatic N) is 2. The molecule has 1 aliphatic heterocycles. The van der Waals surface area contributed by atoms with Crippen LogP contribution in [0.25, 0.3) is 0 Å². The smallest absolute Gasteiger partial charge is 0.232 e. The summed E-state index contributed by atoms with van der Waals surface area (Å²) in [7, 11) is 0. The first-order chi connectivity index (χ1) is 8.25. The molecule has 1 aromatic heterocycles. The Hall–Kier alpha value is -0.780. The summed E-state index contributed by atoms with van der Waals surface area (Å²) in [6.45, 7) is 1.60. The van der Waals surface area contributed by atoms with Gasteiger partial charge in [0.2, 0.25) is 5.91 Å². The molecule has 1 amide bonds. The lowest BCUT2D eigenvalue weighted by atomic mass is 10.1. The molecule has 1 aromatic rings. The molecule has 1 aliphatic rings. The molecule has 2 rings (SSSR count). The van der Waals surface area contributed by atoms with Gasteiger partial charge >= 0.3 is 0 Å². The van der Waals surface area contributed by atoms with E-state index in [1.165, 1.54) is 0 Å². The second-order valence-electron chi connectivity index (χ2n) is 4.19. The number of carbonyl (C=O) groups is 1. The number of thioether (sulfide) groups is 1. The van der Waals surface area contributed by atoms with Gasteiger partial charge in [0.1, 0.15) is 0 Å². The zero-order chi connectivity index (χ0) is 12.1. The van der Waals surface area contributed by atoms with E-state index in [0.717, 1.165) is 30.8 Å². The Morgan fingerprint density at radius 1 is 1.39 bits per heavy atom. The summed E-state index contributed by atoms with van der Waals surface area (Å²) in [5.41, 5.74) is 5.81. The Labute approximate surface area is 118 Å². The Kier molecular flexibility index (Phi) is 6.46. The second-order valence-corrected chi connectivity index (χ2v) is 5.24. The van der Waals surface area contributed by atoms with Gasteiger partial charge in [-0.15, -0.1) is 24.2 Å². The summed E-state index contributed by atoms with van der Waals surface area (Å²) >= 11 is 1.56. The lowest BCUT2D eigenvalue weighted by Crippen LogP contribution is -2.43. The van der Waals surface area contributed by atoms with Crippen LogP contribution >= 0.6 is 24.2 Å². The van der Waals surface area contributed by atoms with Crippen molar-refractivity contribution in [1.29, 1.82) is 0 Å². The van der Waals surface area contributed by atoms with Gasteiger partial charge in [0.25, 0.3) is 0 Å². The summed E-state index contributed by atoms with van der Waals surface area (Å²) in [5.74, 6) is 0.706. The van der Waals surface area contributed by atoms with E-state index >= 15 is 0 Å². The molecule has 0 saturated carbocycles. The van der Waals surface area contributed by atoms with Crippen molar-refractivity contribution in [3.05, 3.63) is 24.5 Å². The number of hydrogen-bond acceptors (Lipinski definition) is 4. The van der Waals surface area contributed by atoms with Crippen LogP contribution in [0.3, 0.4) is 0 Å². The lowest BCUT2D eigenvalue weighted by molar-refractivity contribution is -0.129. The molecule has 0 unspecified atom stereocenters. The van der Waals surface area contributed by atoms with Gasteiger partial charge in [0, 0.05) is 36.4 Å². The normalized spacial score (nSPS) is 16.2. The van der Waals surface area contributed by atoms with Gasteiger partial charge < -0.3 is 10.6 Å². The maximum atomic E-state index is 11.9. The Morgan fingerprint density at radius 3 is 2.61 bits per heavy atom. The highest BCUT2D eigenvalue weighted by atomic mass is 35.5. The highest BCUT2D eigenvalue weighted by molar-refractivity contribution is 8.00. The minimum absolute atomic E-state index is 0. The summed E-state index contributed by atoms with van der Waals surface area (Å²) in [6, 6.07) is 4.11. The number of pyridine rings is 1. The molecule has 0 aromatic carbocycles. The Morgan fingerprint density at radius 2 is 2.00 bits per heavy atom. The second kappa shape index (κ2) is 7.61. The van der Waals surface area contributed by atoms with Crippen LogP contribution in [0.2, 0.25) is 0 Å². The molecular formula is C12H18ClN3OS. The molecule has 1 saturated heterocycles. The van der Waals surface area contributed by atoms with Crippen LogP contribution in [0.1, 0.15) is 12.8 Å². The number of hydrogen-bond donors (Lipinski definition) is 1. The molecule has 2 heterocycles. The first-order valence-corrected chi connectivity index (χ1v) is 6.80. The average Bonchev–Trinajstić information content (AvgIpc) is 2.38. The van der Waals surface area contributed by atoms with Crippen LogP contribution in [0, 0.1) is 0 Å². The fraction of sp³-hybridized carbons (Fsp3) is 0.500. The van der Waals surface area contributed by atoms with E-state index in [1.54, 1.807) is 24.2 Å². The first-order valence-electron chi connectivity index (χ1n) is 5.82. The average molecular weight is 288 g/mol. The topological polar surface area (TPSA) is 59.2 Å². The number of likely N-dealkylation sites (tertiary alicyclic amines) is 1. The number of amides is 1. The minimum Gasteiger partial charge on any atom is -0.342 e. The largest absolute Gasteiger partial charge is 0.342 e. The molecule has 100 valence electrons. The maximum absolute atomic E-state index is 11.9. The highest BCUT2D eigenvalue weighted by Crippen LogP contribution is 2.18. The SMILES string of the molecule is Cl.NC1CCN(C(=O)CSc2ccncc2)CC1. The predicted octanol–water partition coefficient (Wildman–Crippen LogP) is 1.55. The van der Waals surface area contributed by atoms with Gasteiger partial charge in [0.15, 0.2) is 0 Å². The number of nitrogens with two attached hydrogens (primary N) is 1. The van der Waals surface area contributed by atoms with E-state index in [-0.39, 0.29) is 24.4 Å². The van der Waals surface area contributed by atoms with Gasteiger partial charge in [-0.25, -0.2) is 0 Å². The maximum Gasteiger partial charge on any atom is 0.232 e. The minimum atomic E-state index is 0. The molecule has 0 atom stereocenters. The van der Waals surface area contributed by atoms with Gasteiger partial charge in [-0.05, 0) is 25.0 Å². The van der Waals surface area contributed by atoms with Crippen LogP contribution < -0.4 is 5.73 Å². The van der Waals surface area contributed by atoms with Crippen molar-refractivity contribution in [2.75, 3.05) is 18.8 Å². The number of halogens is 1. The summed E-state index contributed by atoms with van der Waals surface area (Å²) < 4.78 is 0. The molecule has 0 radical (unpaired) electrons. The molecule has 0 spiro atoms. The third-order valence-electron chi connectivity index (χ3n) is 2.90. The molecule has 0 bridgehead atoms. The monoisotopic (exact) mass is 287 g/mol. The van der Waals surface area contributed by atoms with Gasteiger partial charge in [-0.3, -0.25) is 9.78 Å². The predicted molar refractivity (Wildman–Crippen MR) is 76.0 cm³/mol. The number of carbonyl (C=O) groups excluding carboxylic acids is 1. The zero-order valence-corrected chi connectivity index (χ0v) is 11.8. The molecule has 2 N–H and O–H groups in total. The van der Waals surface area contributed by atoms with Crippen molar-refractivity contribution in [3.8, 4) is 0 Å². The number of aromatic nitrogens is 1. The number of rotatable bonds is 3. The van der Waals surface area contributed by atoms with Crippen molar-refractivity contribution < 1.29 is 4.79 Å². The van der Waals surface area contributed by atoms with E-state index in [4.69, 9.17) is 5.73 Å². The highest BCUT2D eigenvalue weighted by Gasteiger charge is 2.20. The standard InChI is InChI=1S/C12H17N3OS.ClH/c13-10-3-7-15(8-4-10)12(16)9-17-11-1-5-14-6-2-11;/h1-2,5-6,10H,3-4,7-9,13H2;1H. The summed E-state index contributed by atoms with van der Waals surface area (Å²) in [6.07, 6.45) is 5.33. The van der Waals surface area contributed by atoms with Crippen LogP contribution in [0.5, 0.6) is 0 Å². The van der Waals surface area contributed by atoms with Gasteiger partial charge in [-0.2, -0.15) is 0 Å². The molecule has 18 heavy (non-hydrogen) atoms. The van der Waals surface area contributed by atoms with E-state index in [1.807, 2.05) is 17.0 Å². The molecular weight excluding hydrogens is 270 g/mol. The van der Waals surface area contributed by atoms with Crippen LogP contribution in [0.4, 0.5) is 0 Å². The zero-order valence-electron chi connectivity index (χ0n) is 10.1. The molecule has 4 nitrogen and oxygen atoms in total. The van der Waals surface area contributed by atoms with Crippen LogP contribution in [0.15, 0.2) is 29.4 Å². The molecule has 0 aliphatic carbocycles. The van der Waals surface area contributed by atoms with E-state index in [2.05, 4.69) is 4.98 Å². The van der Waals surface area contributed by atoms with Gasteiger partial charge in [0.05, 0.1) is 5.75 Å². The van der Waals surface area contributed by atoms with E-state index in [0.29, 0.717) is 5.75 Å². The fourth-order valence-electron chi connectivity index (χ4n) is 1.82. The van der Waals surface area contributed by atoms with Crippen molar-refractivity contribution >= 4 is 30.1 Å². The summed E-state index contributed by atoms with van der Waals surface area (Å²) in [4.78, 5) is 18.9. The quantitative estimate of drug-likeness (QED) is 0.857. The Bertz CT molecular complexity index is 369. The van der Waals surface area contributed by atoms with E-state index < -0.39 is 0 Å². The molecule has 1 fully saturated rings. The van der Waals surface area contributed by atoms with Crippen molar-refractivity contribution in [2.45, 2.75) is 23.8 Å². The third-order valence-corrected chi connectivity index (χ3v) is 3.90. The fourth-order valence-corrected chi connectivity index (χ4v) is 2.61. The molecule has 6 heteroatoms. The summed E-state index contributed by atoms with van der Waals surface area (Å²) in [5, 5.41) is 0. The van der Waals surface area contributed by atoms with Crippen LogP contribution in [-0.4, -0.2) is 40.7 Å². The van der Waals surface area contributed by atoms with E-state index in [9.17, 15) is 4.79 Å². The van der Waals surface area contributed by atoms with Crippen molar-refractivity contribution in [1.82, 2.24) is 9.88 Å².